The second-order valence-corrected chi connectivity index (χ2v) is 5.37. The highest BCUT2D eigenvalue weighted by molar-refractivity contribution is 8.93. The van der Waals surface area contributed by atoms with Crippen molar-refractivity contribution in [3.8, 4) is 0 Å². The minimum absolute atomic E-state index is 0. The van der Waals surface area contributed by atoms with Crippen molar-refractivity contribution in [1.82, 2.24) is 0 Å². The molecule has 0 spiro atoms. The van der Waals surface area contributed by atoms with Crippen LogP contribution in [0.25, 0.3) is 0 Å². The number of hydrogen-bond donors (Lipinski definition) is 0. The highest BCUT2D eigenvalue weighted by Gasteiger charge is 1.88. The Morgan fingerprint density at radius 2 is 0.455 bits per heavy atom. The van der Waals surface area contributed by atoms with Gasteiger partial charge < -0.3 is 8.97 Å². The molecule has 0 rings (SSSR count). The van der Waals surface area contributed by atoms with E-state index in [1.165, 1.54) is 0 Å². The van der Waals surface area contributed by atoms with Gasteiger partial charge in [0.05, 0.1) is 56.4 Å². The molecule has 72 valence electrons. The average Bonchev–Trinajstić information content (AvgIpc) is 1.12. The summed E-state index contributed by atoms with van der Waals surface area (Å²) in [6.45, 7) is 0. The summed E-state index contributed by atoms with van der Waals surface area (Å²) in [5, 5.41) is 0. The molecule has 0 saturated carbocycles. The molecule has 3 heteroatoms. The van der Waals surface area contributed by atoms with Crippen LogP contribution in [0.5, 0.6) is 0 Å². The smallest absolute Gasteiger partial charge is 0.0675 e. The van der Waals surface area contributed by atoms with Crippen LogP contribution in [0, 0.1) is 0 Å². The standard InChI is InChI=1S/2C4H12N.BrH/c2*1-5(2,3)4;/h2*1-4H3;1H/q2*+1;. The molecule has 0 fully saturated rings. The van der Waals surface area contributed by atoms with Gasteiger partial charge in [-0.15, -0.1) is 17.0 Å². The Labute approximate surface area is 82.8 Å². The molecule has 0 aromatic carbocycles. The van der Waals surface area contributed by atoms with Gasteiger partial charge in [-0.2, -0.15) is 0 Å². The van der Waals surface area contributed by atoms with Crippen LogP contribution < -0.4 is 0 Å². The number of halogens is 1. The van der Waals surface area contributed by atoms with Crippen molar-refractivity contribution in [2.24, 2.45) is 0 Å². The van der Waals surface area contributed by atoms with E-state index in [2.05, 4.69) is 56.4 Å². The third-order valence-corrected chi connectivity index (χ3v) is 0. The molecule has 0 aromatic heterocycles. The minimum atomic E-state index is 0. The minimum Gasteiger partial charge on any atom is -0.333 e. The molecule has 0 aliphatic carbocycles. The number of nitrogens with zero attached hydrogens (tertiary/aromatic N) is 2. The summed E-state index contributed by atoms with van der Waals surface area (Å²) in [7, 11) is 17.0. The third-order valence-electron chi connectivity index (χ3n) is 0. The molecule has 0 heterocycles. The Bertz CT molecular complexity index is 55.1. The fourth-order valence-electron chi connectivity index (χ4n) is 0. The SMILES string of the molecule is Br.C[N+](C)(C)C.C[N+](C)(C)C. The number of rotatable bonds is 0. The zero-order valence-electron chi connectivity index (χ0n) is 9.30. The van der Waals surface area contributed by atoms with E-state index in [9.17, 15) is 0 Å². The van der Waals surface area contributed by atoms with Gasteiger partial charge in [-0.05, 0) is 0 Å². The first-order valence-electron chi connectivity index (χ1n) is 3.58. The van der Waals surface area contributed by atoms with Gasteiger partial charge in [0, 0.05) is 0 Å². The van der Waals surface area contributed by atoms with Crippen LogP contribution in [0.15, 0.2) is 0 Å². The predicted octanol–water partition coefficient (Wildman–Crippen LogP) is 1.22. The van der Waals surface area contributed by atoms with Gasteiger partial charge in [0.2, 0.25) is 0 Å². The van der Waals surface area contributed by atoms with E-state index in [4.69, 9.17) is 0 Å². The molecule has 0 bridgehead atoms. The Hall–Kier alpha value is 0.400. The van der Waals surface area contributed by atoms with E-state index in [0.717, 1.165) is 8.97 Å². The van der Waals surface area contributed by atoms with Crippen molar-refractivity contribution in [3.05, 3.63) is 0 Å². The molecule has 0 saturated heterocycles. The van der Waals surface area contributed by atoms with Gasteiger partial charge in [0.15, 0.2) is 0 Å². The lowest BCUT2D eigenvalue weighted by Crippen LogP contribution is -2.27. The lowest BCUT2D eigenvalue weighted by molar-refractivity contribution is -0.849. The summed E-state index contributed by atoms with van der Waals surface area (Å²) in [6, 6.07) is 0. The van der Waals surface area contributed by atoms with E-state index in [1.807, 2.05) is 0 Å². The maximum atomic E-state index is 2.12. The number of quaternary nitrogens is 2. The Balaban J connectivity index is -0.000000107. The molecule has 11 heavy (non-hydrogen) atoms. The summed E-state index contributed by atoms with van der Waals surface area (Å²) in [5.41, 5.74) is 0. The first kappa shape index (κ1) is 17.5. The van der Waals surface area contributed by atoms with E-state index in [-0.39, 0.29) is 17.0 Å². The Morgan fingerprint density at radius 3 is 0.455 bits per heavy atom. The summed E-state index contributed by atoms with van der Waals surface area (Å²) in [5.74, 6) is 0. The molecule has 0 amide bonds. The molecule has 0 aliphatic rings. The van der Waals surface area contributed by atoms with Crippen LogP contribution in [0.1, 0.15) is 0 Å². The first-order chi connectivity index (χ1) is 4.00. The summed E-state index contributed by atoms with van der Waals surface area (Å²) >= 11 is 0. The second kappa shape index (κ2) is 5.98. The molecule has 0 aliphatic heterocycles. The number of hydrogen-bond acceptors (Lipinski definition) is 0. The zero-order chi connectivity index (χ0) is 9.00. The Morgan fingerprint density at radius 1 is 0.455 bits per heavy atom. The molecule has 0 unspecified atom stereocenters. The normalized spacial score (nSPS) is 10.9. The van der Waals surface area contributed by atoms with Crippen molar-refractivity contribution < 1.29 is 8.97 Å². The molecule has 0 N–H and O–H groups in total. The van der Waals surface area contributed by atoms with Crippen molar-refractivity contribution in [3.63, 3.8) is 0 Å². The van der Waals surface area contributed by atoms with E-state index in [1.54, 1.807) is 0 Å². The third kappa shape index (κ3) is 4590. The molecule has 0 aromatic rings. The molecule has 2 nitrogen and oxygen atoms in total. The van der Waals surface area contributed by atoms with Crippen molar-refractivity contribution in [1.29, 1.82) is 0 Å². The van der Waals surface area contributed by atoms with Crippen LogP contribution in [0.4, 0.5) is 0 Å². The van der Waals surface area contributed by atoms with Crippen LogP contribution in [-0.2, 0) is 0 Å². The van der Waals surface area contributed by atoms with E-state index >= 15 is 0 Å². The van der Waals surface area contributed by atoms with Gasteiger partial charge in [-0.3, -0.25) is 0 Å². The highest BCUT2D eigenvalue weighted by Crippen LogP contribution is 1.74. The fraction of sp³-hybridized carbons (Fsp3) is 1.00. The van der Waals surface area contributed by atoms with Gasteiger partial charge >= 0.3 is 0 Å². The topological polar surface area (TPSA) is 0 Å². The highest BCUT2D eigenvalue weighted by atomic mass is 79.9. The molecular formula is C8H25BrN2+2. The van der Waals surface area contributed by atoms with Crippen molar-refractivity contribution in [2.45, 2.75) is 0 Å². The zero-order valence-corrected chi connectivity index (χ0v) is 11.0. The van der Waals surface area contributed by atoms with E-state index < -0.39 is 0 Å². The lowest BCUT2D eigenvalue weighted by Gasteiger charge is -2.14. The molecular weight excluding hydrogens is 204 g/mol. The molecule has 0 radical (unpaired) electrons. The van der Waals surface area contributed by atoms with Crippen LogP contribution in [0.3, 0.4) is 0 Å². The van der Waals surface area contributed by atoms with E-state index in [0.29, 0.717) is 0 Å². The first-order valence-corrected chi connectivity index (χ1v) is 3.58. The average molecular weight is 229 g/mol. The van der Waals surface area contributed by atoms with Crippen molar-refractivity contribution in [2.75, 3.05) is 56.4 Å². The fourth-order valence-corrected chi connectivity index (χ4v) is 0. The second-order valence-electron chi connectivity index (χ2n) is 5.37. The maximum Gasteiger partial charge on any atom is 0.0675 e. The largest absolute Gasteiger partial charge is 0.333 e. The van der Waals surface area contributed by atoms with Gasteiger partial charge in [-0.25, -0.2) is 0 Å². The van der Waals surface area contributed by atoms with Gasteiger partial charge in [-0.1, -0.05) is 0 Å². The quantitative estimate of drug-likeness (QED) is 0.548. The van der Waals surface area contributed by atoms with Crippen LogP contribution in [0.2, 0.25) is 0 Å². The predicted molar refractivity (Wildman–Crippen MR) is 58.2 cm³/mol. The summed E-state index contributed by atoms with van der Waals surface area (Å²) in [6.07, 6.45) is 0. The summed E-state index contributed by atoms with van der Waals surface area (Å²) < 4.78 is 2.00. The van der Waals surface area contributed by atoms with Crippen molar-refractivity contribution >= 4 is 17.0 Å². The Kier molecular flexibility index (Phi) is 9.49. The summed E-state index contributed by atoms with van der Waals surface area (Å²) in [4.78, 5) is 0. The van der Waals surface area contributed by atoms with Gasteiger partial charge in [0.1, 0.15) is 0 Å². The van der Waals surface area contributed by atoms with Gasteiger partial charge in [0.25, 0.3) is 0 Å². The van der Waals surface area contributed by atoms with Crippen LogP contribution >= 0.6 is 17.0 Å². The molecule has 0 atom stereocenters. The lowest BCUT2D eigenvalue weighted by atomic mass is 10.8. The monoisotopic (exact) mass is 228 g/mol. The maximum absolute atomic E-state index is 2.12. The van der Waals surface area contributed by atoms with Crippen LogP contribution in [-0.4, -0.2) is 65.3 Å².